The molecule has 168 valence electrons. The molecule has 31 heavy (non-hydrogen) atoms. The van der Waals surface area contributed by atoms with Crippen molar-refractivity contribution in [2.24, 2.45) is 0 Å². The Kier molecular flexibility index (Phi) is 8.05. The topological polar surface area (TPSA) is 63.5 Å². The second-order valence-electron chi connectivity index (χ2n) is 7.51. The second-order valence-corrected chi connectivity index (χ2v) is 8.52. The van der Waals surface area contributed by atoms with Crippen molar-refractivity contribution in [3.63, 3.8) is 0 Å². The quantitative estimate of drug-likeness (QED) is 0.533. The van der Waals surface area contributed by atoms with Crippen molar-refractivity contribution in [2.45, 2.75) is 33.7 Å². The van der Waals surface area contributed by atoms with Gasteiger partial charge in [-0.25, -0.2) is 4.98 Å². The van der Waals surface area contributed by atoms with Crippen LogP contribution in [0.25, 0.3) is 10.2 Å². The first-order valence-corrected chi connectivity index (χ1v) is 11.5. The van der Waals surface area contributed by atoms with E-state index < -0.39 is 0 Å². The number of amides is 1. The fraction of sp³-hybridized carbons (Fsp3) is 0.500. The Morgan fingerprint density at radius 2 is 2.03 bits per heavy atom. The van der Waals surface area contributed by atoms with Crippen molar-refractivity contribution >= 4 is 45.0 Å². The monoisotopic (exact) mass is 463 g/mol. The zero-order valence-electron chi connectivity index (χ0n) is 18.3. The lowest BCUT2D eigenvalue weighted by Gasteiger charge is -2.29. The number of para-hydroxylation sites is 1. The number of aromatic nitrogens is 3. The molecular weight excluding hydrogens is 434 g/mol. The molecule has 1 aliphatic heterocycles. The Hall–Kier alpha value is -2.00. The van der Waals surface area contributed by atoms with E-state index in [1.807, 2.05) is 24.8 Å². The average Bonchev–Trinajstić information content (AvgIpc) is 3.37. The van der Waals surface area contributed by atoms with Crippen LogP contribution in [0, 0.1) is 6.92 Å². The van der Waals surface area contributed by atoms with Crippen LogP contribution in [-0.2, 0) is 17.7 Å². The van der Waals surface area contributed by atoms with E-state index in [4.69, 9.17) is 9.72 Å². The number of carbonyl (C=O) groups excluding carboxylic acids is 1. The van der Waals surface area contributed by atoms with Gasteiger partial charge in [-0.2, -0.15) is 5.10 Å². The summed E-state index contributed by atoms with van der Waals surface area (Å²) in [7, 11) is 0. The van der Waals surface area contributed by atoms with Crippen molar-refractivity contribution in [3.8, 4) is 0 Å². The third-order valence-corrected chi connectivity index (χ3v) is 6.56. The number of ether oxygens (including phenoxy) is 1. The zero-order chi connectivity index (χ0) is 21.1. The van der Waals surface area contributed by atoms with Gasteiger partial charge in [0.2, 0.25) is 0 Å². The number of aryl methyl sites for hydroxylation is 3. The lowest BCUT2D eigenvalue weighted by Crippen LogP contribution is -2.43. The van der Waals surface area contributed by atoms with Crippen molar-refractivity contribution in [1.82, 2.24) is 19.7 Å². The van der Waals surface area contributed by atoms with Gasteiger partial charge in [-0.15, -0.1) is 12.4 Å². The number of nitrogens with zero attached hydrogens (tertiary/aromatic N) is 5. The molecule has 1 aromatic carbocycles. The molecule has 7 nitrogen and oxygen atoms in total. The van der Waals surface area contributed by atoms with Crippen LogP contribution in [0.3, 0.4) is 0 Å². The van der Waals surface area contributed by atoms with Crippen LogP contribution in [0.1, 0.15) is 35.6 Å². The minimum Gasteiger partial charge on any atom is -0.379 e. The molecule has 0 radical (unpaired) electrons. The Labute approximate surface area is 193 Å². The molecule has 3 aromatic rings. The lowest BCUT2D eigenvalue weighted by molar-refractivity contribution is 0.0391. The van der Waals surface area contributed by atoms with E-state index in [1.54, 1.807) is 16.0 Å². The van der Waals surface area contributed by atoms with Crippen LogP contribution in [0.5, 0.6) is 0 Å². The highest BCUT2D eigenvalue weighted by Crippen LogP contribution is 2.32. The molecule has 2 aromatic heterocycles. The molecule has 1 fully saturated rings. The summed E-state index contributed by atoms with van der Waals surface area (Å²) >= 11 is 1.59. The molecule has 0 bridgehead atoms. The fourth-order valence-electron chi connectivity index (χ4n) is 3.84. The van der Waals surface area contributed by atoms with Gasteiger partial charge >= 0.3 is 0 Å². The van der Waals surface area contributed by atoms with Crippen molar-refractivity contribution < 1.29 is 9.53 Å². The Balaban J connectivity index is 0.00000272. The number of thiazole rings is 1. The predicted octanol–water partition coefficient (Wildman–Crippen LogP) is 3.78. The Morgan fingerprint density at radius 3 is 2.74 bits per heavy atom. The zero-order valence-corrected chi connectivity index (χ0v) is 20.0. The highest BCUT2D eigenvalue weighted by atomic mass is 35.5. The second kappa shape index (κ2) is 10.5. The number of fused-ring (bicyclic) bond motifs is 1. The molecule has 1 amide bonds. The summed E-state index contributed by atoms with van der Waals surface area (Å²) in [5.41, 5.74) is 3.69. The molecule has 0 spiro atoms. The third-order valence-electron chi connectivity index (χ3n) is 5.51. The molecule has 9 heteroatoms. The third kappa shape index (κ3) is 5.09. The van der Waals surface area contributed by atoms with E-state index in [0.29, 0.717) is 18.8 Å². The molecule has 3 heterocycles. The summed E-state index contributed by atoms with van der Waals surface area (Å²) in [4.78, 5) is 22.7. The van der Waals surface area contributed by atoms with E-state index >= 15 is 0 Å². The smallest absolute Gasteiger partial charge is 0.278 e. The maximum atomic E-state index is 13.6. The molecule has 1 aliphatic rings. The molecule has 1 saturated heterocycles. The van der Waals surface area contributed by atoms with Crippen LogP contribution in [0.2, 0.25) is 0 Å². The van der Waals surface area contributed by atoms with Gasteiger partial charge < -0.3 is 4.74 Å². The number of anilines is 1. The van der Waals surface area contributed by atoms with Gasteiger partial charge in [-0.1, -0.05) is 30.4 Å². The van der Waals surface area contributed by atoms with Gasteiger partial charge in [0, 0.05) is 32.7 Å². The molecule has 4 rings (SSSR count). The van der Waals surface area contributed by atoms with Gasteiger partial charge in [0.25, 0.3) is 5.91 Å². The number of morpholine rings is 1. The summed E-state index contributed by atoms with van der Waals surface area (Å²) in [5, 5.41) is 5.23. The normalized spacial score (nSPS) is 14.5. The first kappa shape index (κ1) is 23.7. The van der Waals surface area contributed by atoms with Gasteiger partial charge in [0.05, 0.1) is 29.1 Å². The number of halogens is 1. The van der Waals surface area contributed by atoms with Crippen LogP contribution >= 0.6 is 23.7 Å². The summed E-state index contributed by atoms with van der Waals surface area (Å²) in [6.45, 7) is 11.4. The summed E-state index contributed by atoms with van der Waals surface area (Å²) in [6.07, 6.45) is 0.921. The van der Waals surface area contributed by atoms with E-state index in [1.165, 1.54) is 5.56 Å². The summed E-state index contributed by atoms with van der Waals surface area (Å²) in [5.74, 6) is -0.0391. The number of hydrogen-bond donors (Lipinski definition) is 0. The molecule has 0 unspecified atom stereocenters. The number of hydrogen-bond acceptors (Lipinski definition) is 6. The van der Waals surface area contributed by atoms with Crippen LogP contribution in [0.15, 0.2) is 24.3 Å². The molecule has 0 atom stereocenters. The maximum Gasteiger partial charge on any atom is 0.278 e. The van der Waals surface area contributed by atoms with Crippen molar-refractivity contribution in [1.29, 1.82) is 0 Å². The molecule has 0 N–H and O–H groups in total. The van der Waals surface area contributed by atoms with E-state index in [-0.39, 0.29) is 18.3 Å². The van der Waals surface area contributed by atoms with E-state index in [0.717, 1.165) is 60.3 Å². The first-order chi connectivity index (χ1) is 14.6. The minimum atomic E-state index is -0.0391. The minimum absolute atomic E-state index is 0. The number of rotatable bonds is 7. The lowest BCUT2D eigenvalue weighted by atomic mass is 10.1. The number of benzene rings is 1. The number of carbonyl (C=O) groups is 1. The highest BCUT2D eigenvalue weighted by Gasteiger charge is 2.26. The fourth-order valence-corrected chi connectivity index (χ4v) is 4.88. The van der Waals surface area contributed by atoms with Crippen molar-refractivity contribution in [2.75, 3.05) is 44.3 Å². The maximum absolute atomic E-state index is 13.6. The van der Waals surface area contributed by atoms with Gasteiger partial charge in [-0.05, 0) is 38.0 Å². The molecule has 0 saturated carbocycles. The SMILES string of the molecule is CCc1cccc2sc(N(CCN3CCOCC3)C(=O)c3cc(C)nn3CC)nc12.Cl. The Bertz CT molecular complexity index is 1030. The van der Waals surface area contributed by atoms with Gasteiger partial charge in [0.1, 0.15) is 5.69 Å². The van der Waals surface area contributed by atoms with Crippen LogP contribution in [-0.4, -0.2) is 65.0 Å². The van der Waals surface area contributed by atoms with Crippen LogP contribution < -0.4 is 4.90 Å². The average molecular weight is 464 g/mol. The first-order valence-electron chi connectivity index (χ1n) is 10.7. The van der Waals surface area contributed by atoms with E-state index in [2.05, 4.69) is 35.1 Å². The van der Waals surface area contributed by atoms with Gasteiger partial charge in [0.15, 0.2) is 5.13 Å². The van der Waals surface area contributed by atoms with Gasteiger partial charge in [-0.3, -0.25) is 19.3 Å². The standard InChI is InChI=1S/C22H29N5O2S.ClH/c1-4-17-7-6-8-19-20(17)23-22(30-19)26(10-9-25-11-13-29-14-12-25)21(28)18-15-16(3)24-27(18)5-2;/h6-8,15H,4-5,9-14H2,1-3H3;1H. The molecule has 0 aliphatic carbocycles. The highest BCUT2D eigenvalue weighted by molar-refractivity contribution is 7.22. The largest absolute Gasteiger partial charge is 0.379 e. The summed E-state index contributed by atoms with van der Waals surface area (Å²) in [6, 6.07) is 8.14. The Morgan fingerprint density at radius 1 is 1.26 bits per heavy atom. The van der Waals surface area contributed by atoms with E-state index in [9.17, 15) is 4.79 Å². The predicted molar refractivity (Wildman–Crippen MR) is 128 cm³/mol. The summed E-state index contributed by atoms with van der Waals surface area (Å²) < 4.78 is 8.36. The van der Waals surface area contributed by atoms with Crippen molar-refractivity contribution in [3.05, 3.63) is 41.2 Å². The van der Waals surface area contributed by atoms with Crippen LogP contribution in [0.4, 0.5) is 5.13 Å². The molecular formula is C22H30ClN5O2S.